The summed E-state index contributed by atoms with van der Waals surface area (Å²) in [6.07, 6.45) is 2.27. The number of nitrogens with zero attached hydrogens (tertiary/aromatic N) is 2. The van der Waals surface area contributed by atoms with Crippen molar-refractivity contribution in [1.82, 2.24) is 9.78 Å². The van der Waals surface area contributed by atoms with E-state index in [1.807, 2.05) is 20.9 Å². The number of aromatic nitrogens is 2. The van der Waals surface area contributed by atoms with Crippen LogP contribution in [0.25, 0.3) is 0 Å². The molecule has 0 spiro atoms. The molecule has 0 saturated carbocycles. The maximum absolute atomic E-state index is 12.4. The first kappa shape index (κ1) is 20.2. The molecule has 0 aliphatic rings. The quantitative estimate of drug-likeness (QED) is 0.763. The van der Waals surface area contributed by atoms with Crippen LogP contribution in [-0.2, 0) is 18.3 Å². The maximum Gasteiger partial charge on any atom is 0.279 e. The normalized spacial score (nSPS) is 12.4. The highest BCUT2D eigenvalue weighted by Crippen LogP contribution is 2.19. The van der Waals surface area contributed by atoms with Gasteiger partial charge in [0.15, 0.2) is 6.54 Å². The van der Waals surface area contributed by atoms with Crippen LogP contribution in [0.5, 0.6) is 0 Å². The molecule has 0 fully saturated rings. The van der Waals surface area contributed by atoms with Crippen LogP contribution < -0.4 is 10.6 Å². The van der Waals surface area contributed by atoms with Crippen molar-refractivity contribution >= 4 is 11.6 Å². The third kappa shape index (κ3) is 4.94. The molecule has 0 radical (unpaired) electrons. The predicted molar refractivity (Wildman–Crippen MR) is 106 cm³/mol. The Bertz CT molecular complexity index is 731. The first-order valence-electron chi connectivity index (χ1n) is 9.55. The number of aryl methyl sites for hydroxylation is 3. The van der Waals surface area contributed by atoms with Crippen LogP contribution in [0.15, 0.2) is 24.3 Å². The number of quaternary nitrogens is 1. The third-order valence-electron chi connectivity index (χ3n) is 4.95. The fraction of sp³-hybridized carbons (Fsp3) is 0.524. The molecule has 1 atom stereocenters. The van der Waals surface area contributed by atoms with E-state index in [0.717, 1.165) is 29.9 Å². The molecule has 0 unspecified atom stereocenters. The summed E-state index contributed by atoms with van der Waals surface area (Å²) in [5.41, 5.74) is 5.31. The fourth-order valence-electron chi connectivity index (χ4n) is 3.37. The number of nitrogens with two attached hydrogens (primary N) is 1. The second kappa shape index (κ2) is 8.99. The molecule has 1 amide bonds. The first-order valence-corrected chi connectivity index (χ1v) is 9.55. The van der Waals surface area contributed by atoms with Gasteiger partial charge in [0.05, 0.1) is 17.1 Å². The van der Waals surface area contributed by atoms with Crippen LogP contribution in [0.4, 0.5) is 5.69 Å². The van der Waals surface area contributed by atoms with Gasteiger partial charge in [-0.05, 0) is 25.8 Å². The lowest BCUT2D eigenvalue weighted by Gasteiger charge is -2.20. The van der Waals surface area contributed by atoms with Crippen molar-refractivity contribution in [2.45, 2.75) is 53.5 Å². The molecule has 1 aromatic heterocycles. The Balaban J connectivity index is 2.00. The Morgan fingerprint density at radius 3 is 2.38 bits per heavy atom. The number of rotatable bonds is 8. The van der Waals surface area contributed by atoms with Crippen molar-refractivity contribution in [2.24, 2.45) is 13.0 Å². The van der Waals surface area contributed by atoms with Gasteiger partial charge in [-0.25, -0.2) is 0 Å². The van der Waals surface area contributed by atoms with E-state index in [4.69, 9.17) is 0 Å². The largest absolute Gasteiger partial charge is 0.332 e. The molecule has 0 aliphatic heterocycles. The van der Waals surface area contributed by atoms with Crippen molar-refractivity contribution < 1.29 is 10.1 Å². The molecule has 3 N–H and O–H groups in total. The van der Waals surface area contributed by atoms with Gasteiger partial charge in [-0.1, -0.05) is 51.5 Å². The summed E-state index contributed by atoms with van der Waals surface area (Å²) in [6, 6.07) is 9.11. The highest BCUT2D eigenvalue weighted by Gasteiger charge is 2.21. The first-order chi connectivity index (χ1) is 12.3. The molecule has 0 saturated heterocycles. The summed E-state index contributed by atoms with van der Waals surface area (Å²) in [5, 5.41) is 9.50. The monoisotopic (exact) mass is 357 g/mol. The number of amides is 1. The molecular formula is C21H33N4O+. The van der Waals surface area contributed by atoms with Crippen molar-refractivity contribution in [3.05, 3.63) is 46.8 Å². The second-order valence-corrected chi connectivity index (χ2v) is 7.42. The summed E-state index contributed by atoms with van der Waals surface area (Å²) in [5.74, 6) is 0.458. The topological polar surface area (TPSA) is 63.5 Å². The fourth-order valence-corrected chi connectivity index (χ4v) is 3.37. The zero-order valence-corrected chi connectivity index (χ0v) is 17.0. The van der Waals surface area contributed by atoms with E-state index in [1.165, 1.54) is 11.1 Å². The van der Waals surface area contributed by atoms with E-state index in [2.05, 4.69) is 60.8 Å². The molecule has 2 aromatic rings. The van der Waals surface area contributed by atoms with Crippen LogP contribution >= 0.6 is 0 Å². The van der Waals surface area contributed by atoms with E-state index >= 15 is 0 Å². The zero-order valence-electron chi connectivity index (χ0n) is 17.0. The maximum atomic E-state index is 12.4. The molecular weight excluding hydrogens is 324 g/mol. The van der Waals surface area contributed by atoms with Crippen molar-refractivity contribution in [3.8, 4) is 0 Å². The highest BCUT2D eigenvalue weighted by molar-refractivity contribution is 5.92. The van der Waals surface area contributed by atoms with E-state index < -0.39 is 0 Å². The van der Waals surface area contributed by atoms with Gasteiger partial charge in [-0.2, -0.15) is 5.10 Å². The van der Waals surface area contributed by atoms with Gasteiger partial charge in [0.2, 0.25) is 0 Å². The Hall–Kier alpha value is -2.14. The molecule has 0 bridgehead atoms. The SMILES string of the molecule is CCCc1ccc([C@H]([NH2+]CC(=O)Nc2c(C)nn(C)c2C)C(C)C)cc1. The number of carbonyl (C=O) groups is 1. The van der Waals surface area contributed by atoms with E-state index in [0.29, 0.717) is 12.5 Å². The number of carbonyl (C=O) groups excluding carboxylic acids is 1. The second-order valence-electron chi connectivity index (χ2n) is 7.42. The summed E-state index contributed by atoms with van der Waals surface area (Å²) in [6.45, 7) is 10.9. The minimum Gasteiger partial charge on any atom is -0.332 e. The van der Waals surface area contributed by atoms with Crippen molar-refractivity contribution in [3.63, 3.8) is 0 Å². The Morgan fingerprint density at radius 2 is 1.88 bits per heavy atom. The lowest BCUT2D eigenvalue weighted by Crippen LogP contribution is -2.88. The number of hydrogen-bond donors (Lipinski definition) is 2. The molecule has 142 valence electrons. The van der Waals surface area contributed by atoms with E-state index in [-0.39, 0.29) is 11.9 Å². The summed E-state index contributed by atoms with van der Waals surface area (Å²) in [4.78, 5) is 12.4. The molecule has 5 heteroatoms. The lowest BCUT2D eigenvalue weighted by atomic mass is 9.94. The van der Waals surface area contributed by atoms with Crippen LogP contribution in [0.1, 0.15) is 55.7 Å². The summed E-state index contributed by atoms with van der Waals surface area (Å²) >= 11 is 0. The Morgan fingerprint density at radius 1 is 1.23 bits per heavy atom. The number of anilines is 1. The molecule has 1 aromatic carbocycles. The van der Waals surface area contributed by atoms with Gasteiger partial charge < -0.3 is 10.6 Å². The zero-order chi connectivity index (χ0) is 19.3. The van der Waals surface area contributed by atoms with Crippen molar-refractivity contribution in [1.29, 1.82) is 0 Å². The van der Waals surface area contributed by atoms with E-state index in [1.54, 1.807) is 4.68 Å². The minimum atomic E-state index is 0.0115. The van der Waals surface area contributed by atoms with Crippen LogP contribution in [-0.4, -0.2) is 22.2 Å². The number of nitrogens with one attached hydrogen (secondary N) is 1. The van der Waals surface area contributed by atoms with Gasteiger partial charge in [0, 0.05) is 18.5 Å². The number of benzene rings is 1. The lowest BCUT2D eigenvalue weighted by molar-refractivity contribution is -0.692. The van der Waals surface area contributed by atoms with Crippen LogP contribution in [0, 0.1) is 19.8 Å². The van der Waals surface area contributed by atoms with Gasteiger partial charge >= 0.3 is 0 Å². The smallest absolute Gasteiger partial charge is 0.279 e. The molecule has 0 aliphatic carbocycles. The summed E-state index contributed by atoms with van der Waals surface area (Å²) in [7, 11) is 1.89. The van der Waals surface area contributed by atoms with Crippen molar-refractivity contribution in [2.75, 3.05) is 11.9 Å². The van der Waals surface area contributed by atoms with Crippen LogP contribution in [0.3, 0.4) is 0 Å². The number of hydrogen-bond acceptors (Lipinski definition) is 2. The molecule has 5 nitrogen and oxygen atoms in total. The average Bonchev–Trinajstić information content (AvgIpc) is 2.83. The third-order valence-corrected chi connectivity index (χ3v) is 4.95. The predicted octanol–water partition coefficient (Wildman–Crippen LogP) is 2.89. The van der Waals surface area contributed by atoms with E-state index in [9.17, 15) is 4.79 Å². The van der Waals surface area contributed by atoms with Crippen LogP contribution in [0.2, 0.25) is 0 Å². The van der Waals surface area contributed by atoms with Gasteiger partial charge in [0.1, 0.15) is 6.04 Å². The Labute approximate surface area is 157 Å². The van der Waals surface area contributed by atoms with Gasteiger partial charge in [0.25, 0.3) is 5.91 Å². The summed E-state index contributed by atoms with van der Waals surface area (Å²) < 4.78 is 1.80. The average molecular weight is 358 g/mol. The molecule has 1 heterocycles. The van der Waals surface area contributed by atoms with Gasteiger partial charge in [-0.15, -0.1) is 0 Å². The minimum absolute atomic E-state index is 0.0115. The molecule has 26 heavy (non-hydrogen) atoms. The molecule has 2 rings (SSSR count). The highest BCUT2D eigenvalue weighted by atomic mass is 16.1. The van der Waals surface area contributed by atoms with Gasteiger partial charge in [-0.3, -0.25) is 9.48 Å². The standard InChI is InChI=1S/C21H32N4O/c1-7-8-17-9-11-18(12-10-17)20(14(2)3)22-13-19(26)23-21-15(4)24-25(6)16(21)5/h9-12,14,20,22H,7-8,13H2,1-6H3,(H,23,26)/p+1/t20-/m1/s1. The Kier molecular flexibility index (Phi) is 6.98.